The summed E-state index contributed by atoms with van der Waals surface area (Å²) < 4.78 is 34.6. The van der Waals surface area contributed by atoms with Gasteiger partial charge in [-0.2, -0.15) is 0 Å². The van der Waals surface area contributed by atoms with Crippen molar-refractivity contribution in [1.82, 2.24) is 0 Å². The Morgan fingerprint density at radius 1 is 0.354 bits per heavy atom. The molecule has 0 heterocycles. The van der Waals surface area contributed by atoms with E-state index < -0.39 is 0 Å². The number of hydrogen-bond acceptors (Lipinski definition) is 6. The summed E-state index contributed by atoms with van der Waals surface area (Å²) in [7, 11) is 9.78. The van der Waals surface area contributed by atoms with E-state index in [1.807, 2.05) is 60.7 Å². The number of benzene rings is 4. The monoisotopic (exact) mass is 636 g/mol. The fourth-order valence-electron chi connectivity index (χ4n) is 5.50. The van der Waals surface area contributed by atoms with Gasteiger partial charge in [0.05, 0.1) is 42.7 Å². The van der Waals surface area contributed by atoms with Crippen molar-refractivity contribution in [3.8, 4) is 81.9 Å². The smallest absolute Gasteiger partial charge is 0.134 e. The van der Waals surface area contributed by atoms with Crippen LogP contribution in [0.15, 0.2) is 60.7 Å². The van der Waals surface area contributed by atoms with Gasteiger partial charge in [-0.25, -0.2) is 0 Å². The largest absolute Gasteiger partial charge is 0.496 e. The second-order valence-electron chi connectivity index (χ2n) is 10.6. The highest BCUT2D eigenvalue weighted by Crippen LogP contribution is 2.41. The van der Waals surface area contributed by atoms with Crippen molar-refractivity contribution < 1.29 is 28.4 Å². The van der Waals surface area contributed by atoms with Crippen LogP contribution in [0.4, 0.5) is 0 Å². The molecular formula is C42H36O6. The standard InChI is InChI=1S/C42H36O6/c1-43-37-27-38(44-2)34-16-8-12-30-23-25-32(26-24-30)14-10-18-36-40(46-4)28-39(45-3)35(42(36)48-6)17-9-13-31-21-19-29(20-22-31)11-7-15-33(37)41(34)47-5/h19-28H,15-18H2,1-6H3. The Balaban J connectivity index is 1.60. The average Bonchev–Trinajstić information content (AvgIpc) is 3.12. The zero-order chi connectivity index (χ0) is 33.9. The number of methoxy groups -OCH3 is 6. The van der Waals surface area contributed by atoms with Gasteiger partial charge in [-0.15, -0.1) is 0 Å². The normalized spacial score (nSPS) is 11.6. The third kappa shape index (κ3) is 7.48. The van der Waals surface area contributed by atoms with E-state index in [1.165, 1.54) is 0 Å². The minimum atomic E-state index is 0.411. The van der Waals surface area contributed by atoms with Gasteiger partial charge in [0.25, 0.3) is 0 Å². The number of ether oxygens (including phenoxy) is 6. The molecule has 4 aliphatic rings. The van der Waals surface area contributed by atoms with E-state index in [0.29, 0.717) is 60.2 Å². The first-order chi connectivity index (χ1) is 23.5. The van der Waals surface area contributed by atoms with Gasteiger partial charge in [0.2, 0.25) is 0 Å². The van der Waals surface area contributed by atoms with Crippen molar-refractivity contribution in [1.29, 1.82) is 0 Å². The van der Waals surface area contributed by atoms with Crippen LogP contribution in [0, 0.1) is 47.4 Å². The van der Waals surface area contributed by atoms with Crippen LogP contribution < -0.4 is 28.4 Å². The summed E-state index contributed by atoms with van der Waals surface area (Å²) >= 11 is 0. The Labute approximate surface area is 283 Å². The van der Waals surface area contributed by atoms with Crippen LogP contribution in [0.1, 0.15) is 44.5 Å². The zero-order valence-corrected chi connectivity index (χ0v) is 28.1. The highest BCUT2D eigenvalue weighted by Gasteiger charge is 2.21. The van der Waals surface area contributed by atoms with Crippen molar-refractivity contribution >= 4 is 0 Å². The lowest BCUT2D eigenvalue weighted by atomic mass is 10.0. The maximum absolute atomic E-state index is 5.90. The molecule has 0 N–H and O–H groups in total. The van der Waals surface area contributed by atoms with Gasteiger partial charge >= 0.3 is 0 Å². The molecule has 4 aromatic rings. The molecule has 0 atom stereocenters. The third-order valence-electron chi connectivity index (χ3n) is 7.86. The summed E-state index contributed by atoms with van der Waals surface area (Å²) in [5, 5.41) is 0. The van der Waals surface area contributed by atoms with Gasteiger partial charge in [0.1, 0.15) is 34.5 Å². The SMILES string of the molecule is COc1cc(OC)c2c(OC)c1CC#Cc1ccc(cc1)C#CCc1c(OC)cc(OC)c(c1OC)CC#Cc1ccc(cc1)C#CC2. The molecule has 6 heteroatoms. The maximum atomic E-state index is 5.90. The number of rotatable bonds is 6. The second-order valence-corrected chi connectivity index (χ2v) is 10.6. The van der Waals surface area contributed by atoms with Crippen LogP contribution in [-0.2, 0) is 25.7 Å². The Bertz CT molecular complexity index is 1760. The van der Waals surface area contributed by atoms with E-state index in [2.05, 4.69) is 47.4 Å². The Hall–Kier alpha value is -6.08. The summed E-state index contributed by atoms with van der Waals surface area (Å²) in [5.41, 5.74) is 6.83. The van der Waals surface area contributed by atoms with Crippen LogP contribution in [0.25, 0.3) is 0 Å². The van der Waals surface area contributed by atoms with Gasteiger partial charge in [-0.3, -0.25) is 0 Å². The lowest BCUT2D eigenvalue weighted by molar-refractivity contribution is 0.365. The summed E-state index contributed by atoms with van der Waals surface area (Å²) in [6, 6.07) is 19.4. The molecule has 0 aromatic heterocycles. The molecule has 0 saturated carbocycles. The molecular weight excluding hydrogens is 600 g/mol. The van der Waals surface area contributed by atoms with Gasteiger partial charge in [-0.1, -0.05) is 47.4 Å². The van der Waals surface area contributed by atoms with Crippen LogP contribution in [0.2, 0.25) is 0 Å². The molecule has 240 valence electrons. The highest BCUT2D eigenvalue weighted by molar-refractivity contribution is 5.61. The molecule has 4 aromatic carbocycles. The van der Waals surface area contributed by atoms with Crippen LogP contribution >= 0.6 is 0 Å². The quantitative estimate of drug-likeness (QED) is 0.228. The minimum absolute atomic E-state index is 0.411. The first kappa shape index (κ1) is 33.3. The van der Waals surface area contributed by atoms with Crippen molar-refractivity contribution in [3.05, 3.63) is 105 Å². The fraction of sp³-hybridized carbons (Fsp3) is 0.238. The maximum Gasteiger partial charge on any atom is 0.134 e. The molecule has 8 bridgehead atoms. The van der Waals surface area contributed by atoms with Crippen molar-refractivity contribution in [3.63, 3.8) is 0 Å². The Morgan fingerprint density at radius 2 is 0.583 bits per heavy atom. The van der Waals surface area contributed by atoms with E-state index in [4.69, 9.17) is 28.4 Å². The molecule has 48 heavy (non-hydrogen) atoms. The molecule has 0 amide bonds. The second kappa shape index (κ2) is 16.0. The van der Waals surface area contributed by atoms with E-state index in [0.717, 1.165) is 44.5 Å². The van der Waals surface area contributed by atoms with Crippen molar-refractivity contribution in [2.24, 2.45) is 0 Å². The topological polar surface area (TPSA) is 55.4 Å². The van der Waals surface area contributed by atoms with Crippen molar-refractivity contribution in [2.45, 2.75) is 25.7 Å². The molecule has 4 aliphatic carbocycles. The zero-order valence-electron chi connectivity index (χ0n) is 28.1. The first-order valence-electron chi connectivity index (χ1n) is 15.3. The molecule has 0 fully saturated rings. The lowest BCUT2D eigenvalue weighted by Crippen LogP contribution is -2.03. The summed E-state index contributed by atoms with van der Waals surface area (Å²) in [5.74, 6) is 30.0. The minimum Gasteiger partial charge on any atom is -0.496 e. The summed E-state index contributed by atoms with van der Waals surface area (Å²) in [4.78, 5) is 0. The summed E-state index contributed by atoms with van der Waals surface area (Å²) in [6.45, 7) is 0. The van der Waals surface area contributed by atoms with E-state index in [-0.39, 0.29) is 0 Å². The number of hydrogen-bond donors (Lipinski definition) is 0. The summed E-state index contributed by atoms with van der Waals surface area (Å²) in [6.07, 6.45) is 1.64. The highest BCUT2D eigenvalue weighted by atomic mass is 16.5. The average molecular weight is 637 g/mol. The third-order valence-corrected chi connectivity index (χ3v) is 7.86. The van der Waals surface area contributed by atoms with Gasteiger partial charge in [0.15, 0.2) is 0 Å². The fourth-order valence-corrected chi connectivity index (χ4v) is 5.50. The van der Waals surface area contributed by atoms with Gasteiger partial charge < -0.3 is 28.4 Å². The molecule has 0 spiro atoms. The first-order valence-corrected chi connectivity index (χ1v) is 15.3. The van der Waals surface area contributed by atoms with Crippen LogP contribution in [-0.4, -0.2) is 42.7 Å². The predicted molar refractivity (Wildman–Crippen MR) is 187 cm³/mol. The molecule has 0 radical (unpaired) electrons. The van der Waals surface area contributed by atoms with Gasteiger partial charge in [-0.05, 0) is 48.5 Å². The molecule has 0 saturated heterocycles. The predicted octanol–water partition coefficient (Wildman–Crippen LogP) is 6.43. The van der Waals surface area contributed by atoms with E-state index in [1.54, 1.807) is 42.7 Å². The molecule has 0 aliphatic heterocycles. The Morgan fingerprint density at radius 3 is 0.771 bits per heavy atom. The molecule has 6 nitrogen and oxygen atoms in total. The van der Waals surface area contributed by atoms with E-state index in [9.17, 15) is 0 Å². The van der Waals surface area contributed by atoms with Crippen LogP contribution in [0.5, 0.6) is 34.5 Å². The Kier molecular flexibility index (Phi) is 11.1. The van der Waals surface area contributed by atoms with Gasteiger partial charge in [0, 0.05) is 82.3 Å². The van der Waals surface area contributed by atoms with Crippen LogP contribution in [0.3, 0.4) is 0 Å². The van der Waals surface area contributed by atoms with Crippen molar-refractivity contribution in [2.75, 3.05) is 42.7 Å². The lowest BCUT2D eigenvalue weighted by Gasteiger charge is -2.18. The molecule has 8 rings (SSSR count). The molecule has 0 unspecified atom stereocenters. The van der Waals surface area contributed by atoms with E-state index >= 15 is 0 Å².